The molecule has 2 aliphatic heterocycles. The predicted molar refractivity (Wildman–Crippen MR) is 94.3 cm³/mol. The van der Waals surface area contributed by atoms with Gasteiger partial charge in [0.05, 0.1) is 18.2 Å². The molecule has 2 aliphatic rings. The zero-order valence-electron chi connectivity index (χ0n) is 14.9. The van der Waals surface area contributed by atoms with E-state index in [-0.39, 0.29) is 17.6 Å². The first-order valence-electron chi connectivity index (χ1n) is 8.79. The SMILES string of the molecule is CO[C@@H]1CN(CC(=O)Nc2c(C)cccc2C)CC[C@@]12CCCO2. The Kier molecular flexibility index (Phi) is 5.23. The highest BCUT2D eigenvalue weighted by Crippen LogP contribution is 2.37. The van der Waals surface area contributed by atoms with E-state index in [2.05, 4.69) is 10.2 Å². The highest BCUT2D eigenvalue weighted by atomic mass is 16.5. The van der Waals surface area contributed by atoms with Crippen molar-refractivity contribution in [2.45, 2.75) is 44.8 Å². The Bertz CT molecular complexity index is 576. The van der Waals surface area contributed by atoms with Crippen molar-refractivity contribution in [2.75, 3.05) is 38.7 Å². The molecule has 0 bridgehead atoms. The largest absolute Gasteiger partial charge is 0.377 e. The van der Waals surface area contributed by atoms with Gasteiger partial charge in [-0.05, 0) is 44.2 Å². The quantitative estimate of drug-likeness (QED) is 0.920. The van der Waals surface area contributed by atoms with Crippen molar-refractivity contribution in [3.63, 3.8) is 0 Å². The number of ether oxygens (including phenoxy) is 2. The second-order valence-corrected chi connectivity index (χ2v) is 7.04. The molecule has 0 aromatic heterocycles. The molecule has 0 aliphatic carbocycles. The number of carbonyl (C=O) groups excluding carboxylic acids is 1. The lowest BCUT2D eigenvalue weighted by molar-refractivity contribution is -0.145. The number of carbonyl (C=O) groups is 1. The lowest BCUT2D eigenvalue weighted by atomic mass is 9.86. The summed E-state index contributed by atoms with van der Waals surface area (Å²) in [5.41, 5.74) is 2.98. The summed E-state index contributed by atoms with van der Waals surface area (Å²) in [6, 6.07) is 6.05. The predicted octanol–water partition coefficient (Wildman–Crippen LogP) is 2.51. The molecule has 1 aromatic rings. The lowest BCUT2D eigenvalue weighted by Gasteiger charge is -2.44. The van der Waals surface area contributed by atoms with Crippen LogP contribution in [0.5, 0.6) is 0 Å². The molecule has 1 amide bonds. The van der Waals surface area contributed by atoms with Gasteiger partial charge in [-0.1, -0.05) is 18.2 Å². The van der Waals surface area contributed by atoms with Gasteiger partial charge in [0.25, 0.3) is 0 Å². The Morgan fingerprint density at radius 1 is 1.38 bits per heavy atom. The van der Waals surface area contributed by atoms with Crippen LogP contribution in [0, 0.1) is 13.8 Å². The fourth-order valence-electron chi connectivity index (χ4n) is 4.00. The number of likely N-dealkylation sites (tertiary alicyclic amines) is 1. The van der Waals surface area contributed by atoms with Crippen LogP contribution in [0.3, 0.4) is 0 Å². The van der Waals surface area contributed by atoms with Crippen LogP contribution in [0.1, 0.15) is 30.4 Å². The van der Waals surface area contributed by atoms with Crippen LogP contribution in [-0.2, 0) is 14.3 Å². The Morgan fingerprint density at radius 2 is 2.12 bits per heavy atom. The van der Waals surface area contributed by atoms with Gasteiger partial charge >= 0.3 is 0 Å². The molecule has 5 nitrogen and oxygen atoms in total. The monoisotopic (exact) mass is 332 g/mol. The Labute approximate surface area is 144 Å². The van der Waals surface area contributed by atoms with E-state index in [0.717, 1.165) is 55.8 Å². The minimum absolute atomic E-state index is 0.0329. The maximum atomic E-state index is 12.5. The molecule has 24 heavy (non-hydrogen) atoms. The van der Waals surface area contributed by atoms with Gasteiger partial charge in [0.15, 0.2) is 0 Å². The number of amides is 1. The molecule has 5 heteroatoms. The van der Waals surface area contributed by atoms with Crippen molar-refractivity contribution in [3.8, 4) is 0 Å². The van der Waals surface area contributed by atoms with Crippen molar-refractivity contribution in [2.24, 2.45) is 0 Å². The number of benzene rings is 1. The molecule has 0 radical (unpaired) electrons. The van der Waals surface area contributed by atoms with Crippen molar-refractivity contribution < 1.29 is 14.3 Å². The first-order valence-corrected chi connectivity index (χ1v) is 8.79. The van der Waals surface area contributed by atoms with Crippen LogP contribution in [0.4, 0.5) is 5.69 Å². The number of hydrogen-bond donors (Lipinski definition) is 1. The second-order valence-electron chi connectivity index (χ2n) is 7.04. The molecule has 1 aromatic carbocycles. The van der Waals surface area contributed by atoms with E-state index in [1.54, 1.807) is 7.11 Å². The number of aryl methyl sites for hydroxylation is 2. The van der Waals surface area contributed by atoms with Gasteiger partial charge in [-0.3, -0.25) is 9.69 Å². The highest BCUT2D eigenvalue weighted by molar-refractivity contribution is 5.93. The van der Waals surface area contributed by atoms with Gasteiger partial charge < -0.3 is 14.8 Å². The summed E-state index contributed by atoms with van der Waals surface area (Å²) >= 11 is 0. The summed E-state index contributed by atoms with van der Waals surface area (Å²) < 4.78 is 11.7. The van der Waals surface area contributed by atoms with E-state index in [4.69, 9.17) is 9.47 Å². The third kappa shape index (κ3) is 3.48. The summed E-state index contributed by atoms with van der Waals surface area (Å²) in [6.07, 6.45) is 3.14. The van der Waals surface area contributed by atoms with E-state index >= 15 is 0 Å². The molecule has 2 heterocycles. The average molecular weight is 332 g/mol. The van der Waals surface area contributed by atoms with E-state index in [0.29, 0.717) is 6.54 Å². The fraction of sp³-hybridized carbons (Fsp3) is 0.632. The Balaban J connectivity index is 1.59. The zero-order chi connectivity index (χ0) is 17.2. The van der Waals surface area contributed by atoms with Gasteiger partial charge in [0, 0.05) is 32.5 Å². The normalized spacial score (nSPS) is 27.5. The van der Waals surface area contributed by atoms with Crippen LogP contribution >= 0.6 is 0 Å². The first kappa shape index (κ1) is 17.4. The molecule has 0 saturated carbocycles. The number of rotatable bonds is 4. The molecule has 2 atom stereocenters. The fourth-order valence-corrected chi connectivity index (χ4v) is 4.00. The summed E-state index contributed by atoms with van der Waals surface area (Å²) in [5, 5.41) is 3.07. The molecular formula is C19H28N2O3. The first-order chi connectivity index (χ1) is 11.5. The number of nitrogens with zero attached hydrogens (tertiary/aromatic N) is 1. The number of piperidine rings is 1. The van der Waals surface area contributed by atoms with Crippen molar-refractivity contribution in [1.82, 2.24) is 4.90 Å². The van der Waals surface area contributed by atoms with E-state index in [1.807, 2.05) is 32.0 Å². The summed E-state index contributed by atoms with van der Waals surface area (Å²) in [5.74, 6) is 0.0329. The van der Waals surface area contributed by atoms with Crippen molar-refractivity contribution in [1.29, 1.82) is 0 Å². The van der Waals surface area contributed by atoms with Crippen molar-refractivity contribution >= 4 is 11.6 Å². The second kappa shape index (κ2) is 7.21. The van der Waals surface area contributed by atoms with Crippen LogP contribution in [0.2, 0.25) is 0 Å². The van der Waals surface area contributed by atoms with Crippen LogP contribution < -0.4 is 5.32 Å². The minimum Gasteiger partial charge on any atom is -0.377 e. The molecule has 132 valence electrons. The molecular weight excluding hydrogens is 304 g/mol. The van der Waals surface area contributed by atoms with E-state index in [1.165, 1.54) is 0 Å². The number of methoxy groups -OCH3 is 1. The zero-order valence-corrected chi connectivity index (χ0v) is 14.9. The van der Waals surface area contributed by atoms with E-state index in [9.17, 15) is 4.79 Å². The van der Waals surface area contributed by atoms with E-state index < -0.39 is 0 Å². The number of para-hydroxylation sites is 1. The highest BCUT2D eigenvalue weighted by Gasteiger charge is 2.46. The molecule has 1 spiro atoms. The standard InChI is InChI=1S/C19H28N2O3/c1-14-6-4-7-15(2)18(14)20-17(22)13-21-10-9-19(8-5-11-24-19)16(12-21)23-3/h4,6-7,16H,5,8-13H2,1-3H3,(H,20,22)/t16-,19+/m1/s1. The van der Waals surface area contributed by atoms with Crippen LogP contribution in [0.15, 0.2) is 18.2 Å². The third-order valence-corrected chi connectivity index (χ3v) is 5.39. The summed E-state index contributed by atoms with van der Waals surface area (Å²) in [4.78, 5) is 14.6. The molecule has 3 rings (SSSR count). The number of nitrogens with one attached hydrogen (secondary N) is 1. The van der Waals surface area contributed by atoms with Crippen molar-refractivity contribution in [3.05, 3.63) is 29.3 Å². The number of hydrogen-bond acceptors (Lipinski definition) is 4. The summed E-state index contributed by atoms with van der Waals surface area (Å²) in [6.45, 7) is 6.88. The molecule has 2 saturated heterocycles. The molecule has 2 fully saturated rings. The van der Waals surface area contributed by atoms with Gasteiger partial charge in [0.2, 0.25) is 5.91 Å². The lowest BCUT2D eigenvalue weighted by Crippen LogP contribution is -2.57. The Hall–Kier alpha value is -1.43. The molecule has 1 N–H and O–H groups in total. The maximum Gasteiger partial charge on any atom is 0.238 e. The number of anilines is 1. The minimum atomic E-state index is -0.131. The van der Waals surface area contributed by atoms with Crippen LogP contribution in [0.25, 0.3) is 0 Å². The van der Waals surface area contributed by atoms with Gasteiger partial charge in [0.1, 0.15) is 0 Å². The van der Waals surface area contributed by atoms with Gasteiger partial charge in [-0.15, -0.1) is 0 Å². The van der Waals surface area contributed by atoms with Gasteiger partial charge in [-0.2, -0.15) is 0 Å². The molecule has 0 unspecified atom stereocenters. The van der Waals surface area contributed by atoms with Gasteiger partial charge in [-0.25, -0.2) is 0 Å². The van der Waals surface area contributed by atoms with Crippen LogP contribution in [-0.4, -0.2) is 55.9 Å². The summed E-state index contributed by atoms with van der Waals surface area (Å²) in [7, 11) is 1.74. The smallest absolute Gasteiger partial charge is 0.238 e. The third-order valence-electron chi connectivity index (χ3n) is 5.39. The topological polar surface area (TPSA) is 50.8 Å². The average Bonchev–Trinajstić information content (AvgIpc) is 3.02. The maximum absolute atomic E-state index is 12.5. The Morgan fingerprint density at radius 3 is 2.75 bits per heavy atom.